The Hall–Kier alpha value is -0.730. The summed E-state index contributed by atoms with van der Waals surface area (Å²) in [5.74, 6) is 6.10. The third-order valence-corrected chi connectivity index (χ3v) is 3.02. The van der Waals surface area contributed by atoms with Gasteiger partial charge in [-0.2, -0.15) is 0 Å². The van der Waals surface area contributed by atoms with Crippen LogP contribution < -0.4 is 10.9 Å². The van der Waals surface area contributed by atoms with Gasteiger partial charge in [0.05, 0.1) is 5.69 Å². The molecule has 0 aliphatic heterocycles. The number of hydrogen-bond acceptors (Lipinski definition) is 2. The van der Waals surface area contributed by atoms with Gasteiger partial charge in [0, 0.05) is 6.04 Å². The lowest BCUT2D eigenvalue weighted by atomic mass is 9.95. The molecule has 2 rings (SSSR count). The summed E-state index contributed by atoms with van der Waals surface area (Å²) in [5, 5.41) is 1.94. The number of rotatable bonds is 2. The van der Waals surface area contributed by atoms with Gasteiger partial charge in [-0.1, -0.05) is 37.5 Å². The molecule has 0 heterocycles. The van der Waals surface area contributed by atoms with Gasteiger partial charge >= 0.3 is 0 Å². The molecule has 1 aromatic rings. The molecular formula is C12H19ClN2. The Kier molecular flexibility index (Phi) is 4.92. The summed E-state index contributed by atoms with van der Waals surface area (Å²) in [6, 6.07) is 10.8. The van der Waals surface area contributed by atoms with E-state index in [4.69, 9.17) is 5.84 Å². The van der Waals surface area contributed by atoms with Gasteiger partial charge in [-0.25, -0.2) is 5.84 Å². The van der Waals surface area contributed by atoms with E-state index in [0.717, 1.165) is 5.69 Å². The van der Waals surface area contributed by atoms with E-state index >= 15 is 0 Å². The topological polar surface area (TPSA) is 29.3 Å². The fourth-order valence-corrected chi connectivity index (χ4v) is 2.17. The van der Waals surface area contributed by atoms with Crippen LogP contribution in [0.2, 0.25) is 0 Å². The zero-order chi connectivity index (χ0) is 9.80. The summed E-state index contributed by atoms with van der Waals surface area (Å²) in [7, 11) is 0. The van der Waals surface area contributed by atoms with Crippen LogP contribution in [0.4, 0.5) is 5.69 Å². The normalized spacial score (nSPS) is 16.9. The first-order valence-corrected chi connectivity index (χ1v) is 5.47. The van der Waals surface area contributed by atoms with Gasteiger partial charge in [-0.15, -0.1) is 12.4 Å². The molecule has 1 fully saturated rings. The second-order valence-corrected chi connectivity index (χ2v) is 4.03. The summed E-state index contributed by atoms with van der Waals surface area (Å²) < 4.78 is 0. The number of anilines is 1. The number of hydrazine groups is 1. The van der Waals surface area contributed by atoms with E-state index in [-0.39, 0.29) is 12.4 Å². The van der Waals surface area contributed by atoms with Crippen molar-refractivity contribution in [3.8, 4) is 0 Å². The number of nitrogens with zero attached hydrogens (tertiary/aromatic N) is 1. The largest absolute Gasteiger partial charge is 0.308 e. The highest BCUT2D eigenvalue weighted by molar-refractivity contribution is 5.85. The molecule has 1 saturated carbocycles. The molecule has 0 unspecified atom stereocenters. The Bertz CT molecular complexity index is 270. The van der Waals surface area contributed by atoms with E-state index in [2.05, 4.69) is 12.1 Å². The van der Waals surface area contributed by atoms with E-state index in [1.54, 1.807) is 0 Å². The van der Waals surface area contributed by atoms with E-state index in [0.29, 0.717) is 6.04 Å². The average molecular weight is 227 g/mol. The molecule has 1 aliphatic carbocycles. The van der Waals surface area contributed by atoms with Gasteiger partial charge in [0.1, 0.15) is 0 Å². The van der Waals surface area contributed by atoms with Crippen LogP contribution in [-0.4, -0.2) is 6.04 Å². The van der Waals surface area contributed by atoms with Gasteiger partial charge in [-0.05, 0) is 25.0 Å². The maximum atomic E-state index is 6.10. The van der Waals surface area contributed by atoms with Crippen molar-refractivity contribution in [2.75, 3.05) is 5.01 Å². The second-order valence-electron chi connectivity index (χ2n) is 4.03. The van der Waals surface area contributed by atoms with Crippen molar-refractivity contribution in [1.82, 2.24) is 0 Å². The molecule has 3 heteroatoms. The average Bonchev–Trinajstić information content (AvgIpc) is 2.30. The highest BCUT2D eigenvalue weighted by atomic mass is 35.5. The van der Waals surface area contributed by atoms with Gasteiger partial charge < -0.3 is 5.01 Å². The highest BCUT2D eigenvalue weighted by Crippen LogP contribution is 2.24. The monoisotopic (exact) mass is 226 g/mol. The highest BCUT2D eigenvalue weighted by Gasteiger charge is 2.18. The quantitative estimate of drug-likeness (QED) is 0.620. The predicted octanol–water partition coefficient (Wildman–Crippen LogP) is 3.12. The Morgan fingerprint density at radius 3 is 2.20 bits per heavy atom. The van der Waals surface area contributed by atoms with Gasteiger partial charge in [0.15, 0.2) is 0 Å². The van der Waals surface area contributed by atoms with Crippen molar-refractivity contribution in [3.05, 3.63) is 30.3 Å². The molecule has 0 radical (unpaired) electrons. The number of halogens is 1. The van der Waals surface area contributed by atoms with Crippen molar-refractivity contribution in [2.45, 2.75) is 38.1 Å². The molecule has 1 aliphatic rings. The number of nitrogens with two attached hydrogens (primary N) is 1. The maximum Gasteiger partial charge on any atom is 0.0520 e. The van der Waals surface area contributed by atoms with Crippen molar-refractivity contribution >= 4 is 18.1 Å². The minimum atomic E-state index is 0. The van der Waals surface area contributed by atoms with E-state index in [9.17, 15) is 0 Å². The first kappa shape index (κ1) is 12.3. The van der Waals surface area contributed by atoms with Crippen molar-refractivity contribution < 1.29 is 0 Å². The molecule has 1 aromatic carbocycles. The van der Waals surface area contributed by atoms with Crippen LogP contribution in [-0.2, 0) is 0 Å². The Labute approximate surface area is 97.8 Å². The predicted molar refractivity (Wildman–Crippen MR) is 67.2 cm³/mol. The molecule has 2 N–H and O–H groups in total. The number of hydrogen-bond donors (Lipinski definition) is 1. The third kappa shape index (κ3) is 3.11. The smallest absolute Gasteiger partial charge is 0.0520 e. The second kappa shape index (κ2) is 5.99. The zero-order valence-corrected chi connectivity index (χ0v) is 9.75. The molecule has 0 bridgehead atoms. The molecule has 0 aromatic heterocycles. The molecule has 0 spiro atoms. The Morgan fingerprint density at radius 2 is 1.60 bits per heavy atom. The van der Waals surface area contributed by atoms with Crippen molar-refractivity contribution in [1.29, 1.82) is 0 Å². The van der Waals surface area contributed by atoms with Crippen LogP contribution in [0.3, 0.4) is 0 Å². The fourth-order valence-electron chi connectivity index (χ4n) is 2.17. The van der Waals surface area contributed by atoms with Crippen LogP contribution in [0.5, 0.6) is 0 Å². The van der Waals surface area contributed by atoms with Crippen molar-refractivity contribution in [3.63, 3.8) is 0 Å². The number of benzene rings is 1. The van der Waals surface area contributed by atoms with E-state index in [1.165, 1.54) is 32.1 Å². The minimum absolute atomic E-state index is 0. The van der Waals surface area contributed by atoms with Crippen LogP contribution >= 0.6 is 12.4 Å². The standard InChI is InChI=1S/C12H18N2.ClH/c13-14(11-7-3-1-4-8-11)12-9-5-2-6-10-12;/h1,3-4,7-8,12H,2,5-6,9-10,13H2;1H. The SMILES string of the molecule is Cl.NN(c1ccccc1)C1CCCCC1. The van der Waals surface area contributed by atoms with Crippen LogP contribution in [0.1, 0.15) is 32.1 Å². The summed E-state index contributed by atoms with van der Waals surface area (Å²) in [6.07, 6.45) is 6.51. The Morgan fingerprint density at radius 1 is 1.00 bits per heavy atom. The fraction of sp³-hybridized carbons (Fsp3) is 0.500. The zero-order valence-electron chi connectivity index (χ0n) is 8.93. The van der Waals surface area contributed by atoms with Gasteiger partial charge in [0.25, 0.3) is 0 Å². The lowest BCUT2D eigenvalue weighted by Crippen LogP contribution is -2.42. The molecule has 2 nitrogen and oxygen atoms in total. The van der Waals surface area contributed by atoms with Crippen LogP contribution in [0.25, 0.3) is 0 Å². The molecule has 15 heavy (non-hydrogen) atoms. The molecule has 0 atom stereocenters. The third-order valence-electron chi connectivity index (χ3n) is 3.02. The molecule has 0 saturated heterocycles. The van der Waals surface area contributed by atoms with Crippen LogP contribution in [0.15, 0.2) is 30.3 Å². The van der Waals surface area contributed by atoms with Gasteiger partial charge in [-0.3, -0.25) is 0 Å². The summed E-state index contributed by atoms with van der Waals surface area (Å²) in [5.41, 5.74) is 1.14. The van der Waals surface area contributed by atoms with E-state index < -0.39 is 0 Å². The lowest BCUT2D eigenvalue weighted by Gasteiger charge is -2.32. The minimum Gasteiger partial charge on any atom is -0.308 e. The Balaban J connectivity index is 0.00000112. The lowest BCUT2D eigenvalue weighted by molar-refractivity contribution is 0.418. The molecule has 84 valence electrons. The van der Waals surface area contributed by atoms with Crippen LogP contribution in [0, 0.1) is 0 Å². The molecular weight excluding hydrogens is 208 g/mol. The summed E-state index contributed by atoms with van der Waals surface area (Å²) >= 11 is 0. The first-order chi connectivity index (χ1) is 6.88. The summed E-state index contributed by atoms with van der Waals surface area (Å²) in [6.45, 7) is 0. The summed E-state index contributed by atoms with van der Waals surface area (Å²) in [4.78, 5) is 0. The molecule has 0 amide bonds. The maximum absolute atomic E-state index is 6.10. The number of para-hydroxylation sites is 1. The van der Waals surface area contributed by atoms with E-state index in [1.807, 2.05) is 23.2 Å². The first-order valence-electron chi connectivity index (χ1n) is 5.47. The van der Waals surface area contributed by atoms with Crippen molar-refractivity contribution in [2.24, 2.45) is 5.84 Å². The van der Waals surface area contributed by atoms with Gasteiger partial charge in [0.2, 0.25) is 0 Å².